The number of pyridine rings is 1. The summed E-state index contributed by atoms with van der Waals surface area (Å²) in [5.41, 5.74) is 7.59. The van der Waals surface area contributed by atoms with E-state index < -0.39 is 5.91 Å². The number of nitrogens with zero attached hydrogens (tertiary/aromatic N) is 1. The van der Waals surface area contributed by atoms with Crippen LogP contribution in [0.25, 0.3) is 10.9 Å². The third-order valence-corrected chi connectivity index (χ3v) is 3.83. The van der Waals surface area contributed by atoms with Crippen molar-refractivity contribution in [1.82, 2.24) is 4.98 Å². The fourth-order valence-electron chi connectivity index (χ4n) is 2.64. The summed E-state index contributed by atoms with van der Waals surface area (Å²) >= 11 is 0. The molecular formula is C19H17N3O3. The Balaban J connectivity index is 1.85. The number of nitrogens with one attached hydrogen (secondary N) is 1. The lowest BCUT2D eigenvalue weighted by Gasteiger charge is -2.12. The second kappa shape index (κ2) is 7.00. The van der Waals surface area contributed by atoms with Crippen molar-refractivity contribution >= 4 is 28.4 Å². The highest BCUT2D eigenvalue weighted by molar-refractivity contribution is 5.99. The van der Waals surface area contributed by atoms with Crippen LogP contribution in [0.2, 0.25) is 0 Å². The molecule has 0 bridgehead atoms. The summed E-state index contributed by atoms with van der Waals surface area (Å²) in [7, 11) is 1.49. The lowest BCUT2D eigenvalue weighted by atomic mass is 10.1. The number of fused-ring (bicyclic) bond motifs is 1. The number of aromatic nitrogens is 1. The van der Waals surface area contributed by atoms with Gasteiger partial charge in [0.25, 0.3) is 0 Å². The highest BCUT2D eigenvalue weighted by Gasteiger charge is 2.13. The van der Waals surface area contributed by atoms with E-state index in [0.29, 0.717) is 17.0 Å². The first-order valence-corrected chi connectivity index (χ1v) is 7.69. The van der Waals surface area contributed by atoms with E-state index in [1.54, 1.807) is 18.3 Å². The molecule has 0 aliphatic carbocycles. The number of carbonyl (C=O) groups excluding carboxylic acids is 2. The average Bonchev–Trinajstić information content (AvgIpc) is 2.62. The number of ether oxygens (including phenoxy) is 1. The molecule has 0 unspecified atom stereocenters. The van der Waals surface area contributed by atoms with Gasteiger partial charge in [-0.1, -0.05) is 24.3 Å². The number of nitrogens with two attached hydrogens (primary N) is 1. The monoisotopic (exact) mass is 335 g/mol. The number of hydrogen-bond donors (Lipinski definition) is 2. The quantitative estimate of drug-likeness (QED) is 0.749. The van der Waals surface area contributed by atoms with Crippen molar-refractivity contribution in [2.75, 3.05) is 12.4 Å². The van der Waals surface area contributed by atoms with E-state index in [0.717, 1.165) is 16.5 Å². The predicted molar refractivity (Wildman–Crippen MR) is 95.6 cm³/mol. The van der Waals surface area contributed by atoms with Crippen LogP contribution in [0.1, 0.15) is 15.9 Å². The minimum Gasteiger partial charge on any atom is -0.495 e. The van der Waals surface area contributed by atoms with Gasteiger partial charge in [0.1, 0.15) is 5.75 Å². The number of benzene rings is 2. The number of carbonyl (C=O) groups is 2. The molecule has 25 heavy (non-hydrogen) atoms. The maximum Gasteiger partial charge on any atom is 0.248 e. The van der Waals surface area contributed by atoms with Gasteiger partial charge in [-0.05, 0) is 29.8 Å². The van der Waals surface area contributed by atoms with Crippen molar-refractivity contribution in [2.24, 2.45) is 5.73 Å². The van der Waals surface area contributed by atoms with Crippen molar-refractivity contribution in [2.45, 2.75) is 6.42 Å². The minimum atomic E-state index is -0.573. The first-order chi connectivity index (χ1) is 12.1. The third-order valence-electron chi connectivity index (χ3n) is 3.83. The Kier molecular flexibility index (Phi) is 4.61. The molecule has 3 rings (SSSR count). The summed E-state index contributed by atoms with van der Waals surface area (Å²) in [6.45, 7) is 0. The zero-order valence-corrected chi connectivity index (χ0v) is 13.7. The Hall–Kier alpha value is -3.41. The maximum atomic E-state index is 12.5. The summed E-state index contributed by atoms with van der Waals surface area (Å²) in [4.78, 5) is 28.1. The molecule has 0 fully saturated rings. The molecule has 0 spiro atoms. The van der Waals surface area contributed by atoms with Crippen LogP contribution in [0.3, 0.4) is 0 Å². The van der Waals surface area contributed by atoms with Gasteiger partial charge in [0.2, 0.25) is 11.8 Å². The standard InChI is InChI=1S/C19H17N3O3/c1-25-16-8-7-14(19(20)24)10-15(16)22-17(23)11-13-5-2-4-12-6-3-9-21-18(12)13/h2-10H,11H2,1H3,(H2,20,24)(H,22,23). The number of anilines is 1. The molecule has 0 radical (unpaired) electrons. The van der Waals surface area contributed by atoms with Gasteiger partial charge in [-0.25, -0.2) is 0 Å². The molecule has 0 saturated carbocycles. The topological polar surface area (TPSA) is 94.3 Å². The summed E-state index contributed by atoms with van der Waals surface area (Å²) in [6, 6.07) is 14.1. The van der Waals surface area contributed by atoms with Crippen molar-refractivity contribution in [1.29, 1.82) is 0 Å². The molecule has 0 aliphatic rings. The van der Waals surface area contributed by atoms with Crippen LogP contribution in [-0.2, 0) is 11.2 Å². The Morgan fingerprint density at radius 2 is 1.96 bits per heavy atom. The molecule has 0 atom stereocenters. The zero-order valence-electron chi connectivity index (χ0n) is 13.7. The first kappa shape index (κ1) is 16.4. The molecule has 0 saturated heterocycles. The van der Waals surface area contributed by atoms with Gasteiger partial charge in [0.05, 0.1) is 24.7 Å². The van der Waals surface area contributed by atoms with Crippen LogP contribution in [0.4, 0.5) is 5.69 Å². The van der Waals surface area contributed by atoms with E-state index >= 15 is 0 Å². The Morgan fingerprint density at radius 1 is 1.16 bits per heavy atom. The minimum absolute atomic E-state index is 0.151. The van der Waals surface area contributed by atoms with Gasteiger partial charge in [-0.2, -0.15) is 0 Å². The number of para-hydroxylation sites is 1. The van der Waals surface area contributed by atoms with Crippen molar-refractivity contribution in [3.05, 3.63) is 65.9 Å². The van der Waals surface area contributed by atoms with Crippen LogP contribution in [0, 0.1) is 0 Å². The van der Waals surface area contributed by atoms with E-state index in [2.05, 4.69) is 10.3 Å². The highest BCUT2D eigenvalue weighted by Crippen LogP contribution is 2.26. The number of methoxy groups -OCH3 is 1. The van der Waals surface area contributed by atoms with Crippen molar-refractivity contribution < 1.29 is 14.3 Å². The van der Waals surface area contributed by atoms with Crippen LogP contribution in [0.5, 0.6) is 5.75 Å². The Morgan fingerprint density at radius 3 is 2.72 bits per heavy atom. The molecule has 0 aliphatic heterocycles. The number of rotatable bonds is 5. The molecule has 6 heteroatoms. The maximum absolute atomic E-state index is 12.5. The molecule has 1 aromatic heterocycles. The van der Waals surface area contributed by atoms with Gasteiger partial charge in [0.15, 0.2) is 0 Å². The van der Waals surface area contributed by atoms with E-state index in [4.69, 9.17) is 10.5 Å². The van der Waals surface area contributed by atoms with Gasteiger partial charge >= 0.3 is 0 Å². The summed E-state index contributed by atoms with van der Waals surface area (Å²) in [6.07, 6.45) is 1.85. The zero-order chi connectivity index (χ0) is 17.8. The largest absolute Gasteiger partial charge is 0.495 e. The number of amides is 2. The second-order valence-corrected chi connectivity index (χ2v) is 5.50. The molecule has 3 aromatic rings. The molecular weight excluding hydrogens is 318 g/mol. The summed E-state index contributed by atoms with van der Waals surface area (Å²) < 4.78 is 5.22. The fraction of sp³-hybridized carbons (Fsp3) is 0.105. The third kappa shape index (κ3) is 3.58. The van der Waals surface area contributed by atoms with Crippen LogP contribution < -0.4 is 15.8 Å². The lowest BCUT2D eigenvalue weighted by molar-refractivity contribution is -0.115. The SMILES string of the molecule is COc1ccc(C(N)=O)cc1NC(=O)Cc1cccc2cccnc12. The molecule has 2 amide bonds. The Bertz CT molecular complexity index is 948. The predicted octanol–water partition coefficient (Wildman–Crippen LogP) is 2.52. The molecule has 2 aromatic carbocycles. The van der Waals surface area contributed by atoms with Gasteiger partial charge in [-0.3, -0.25) is 14.6 Å². The normalized spacial score (nSPS) is 10.4. The second-order valence-electron chi connectivity index (χ2n) is 5.50. The van der Waals surface area contributed by atoms with Crippen LogP contribution in [0.15, 0.2) is 54.7 Å². The molecule has 3 N–H and O–H groups in total. The smallest absolute Gasteiger partial charge is 0.248 e. The Labute approximate surface area is 144 Å². The fourth-order valence-corrected chi connectivity index (χ4v) is 2.64. The molecule has 126 valence electrons. The van der Waals surface area contributed by atoms with Crippen LogP contribution in [-0.4, -0.2) is 23.9 Å². The van der Waals surface area contributed by atoms with Crippen molar-refractivity contribution in [3.8, 4) is 5.75 Å². The summed E-state index contributed by atoms with van der Waals surface area (Å²) in [5, 5.41) is 3.74. The van der Waals surface area contributed by atoms with Gasteiger partial charge in [-0.15, -0.1) is 0 Å². The number of hydrogen-bond acceptors (Lipinski definition) is 4. The molecule has 6 nitrogen and oxygen atoms in total. The van der Waals surface area contributed by atoms with Crippen molar-refractivity contribution in [3.63, 3.8) is 0 Å². The average molecular weight is 335 g/mol. The highest BCUT2D eigenvalue weighted by atomic mass is 16.5. The lowest BCUT2D eigenvalue weighted by Crippen LogP contribution is -2.17. The first-order valence-electron chi connectivity index (χ1n) is 7.69. The van der Waals surface area contributed by atoms with E-state index in [1.807, 2.05) is 30.3 Å². The van der Waals surface area contributed by atoms with Gasteiger partial charge in [0, 0.05) is 17.1 Å². The number of primary amides is 1. The summed E-state index contributed by atoms with van der Waals surface area (Å²) in [5.74, 6) is -0.358. The van der Waals surface area contributed by atoms with E-state index in [1.165, 1.54) is 13.2 Å². The van der Waals surface area contributed by atoms with E-state index in [9.17, 15) is 9.59 Å². The molecule has 1 heterocycles. The van der Waals surface area contributed by atoms with Crippen LogP contribution >= 0.6 is 0 Å². The van der Waals surface area contributed by atoms with Gasteiger partial charge < -0.3 is 15.8 Å². The van der Waals surface area contributed by atoms with E-state index in [-0.39, 0.29) is 12.3 Å².